The minimum absolute atomic E-state index is 0.140. The third-order valence-electron chi connectivity index (χ3n) is 5.14. The van der Waals surface area contributed by atoms with Gasteiger partial charge in [-0.3, -0.25) is 10.1 Å². The molecule has 0 aliphatic heterocycles. The summed E-state index contributed by atoms with van der Waals surface area (Å²) in [6.07, 6.45) is 0.914. The lowest BCUT2D eigenvalue weighted by molar-refractivity contribution is 0.102. The molecule has 4 heteroatoms. The number of nitrogens with one attached hydrogen (secondary N) is 1. The molecule has 0 bridgehead atoms. The number of carbonyl (C=O) groups is 1. The second kappa shape index (κ2) is 8.64. The Morgan fingerprint density at radius 3 is 2.23 bits per heavy atom. The number of aromatic nitrogens is 1. The molecule has 150 valence electrons. The van der Waals surface area contributed by atoms with E-state index in [1.54, 1.807) is 12.1 Å². The maximum absolute atomic E-state index is 12.4. The van der Waals surface area contributed by atoms with Crippen molar-refractivity contribution in [2.75, 3.05) is 5.32 Å². The van der Waals surface area contributed by atoms with Crippen LogP contribution < -0.4 is 5.32 Å². The molecule has 1 amide bonds. The van der Waals surface area contributed by atoms with Crippen LogP contribution in [-0.4, -0.2) is 10.9 Å². The molecule has 0 unspecified atom stereocenters. The second-order valence-corrected chi connectivity index (χ2v) is 8.48. The summed E-state index contributed by atoms with van der Waals surface area (Å²) >= 11 is 1.45. The van der Waals surface area contributed by atoms with Gasteiger partial charge in [-0.2, -0.15) is 0 Å². The van der Waals surface area contributed by atoms with Gasteiger partial charge in [-0.05, 0) is 61.6 Å². The van der Waals surface area contributed by atoms with E-state index < -0.39 is 0 Å². The molecule has 3 nitrogen and oxygen atoms in total. The minimum atomic E-state index is -0.140. The van der Waals surface area contributed by atoms with Crippen LogP contribution in [0.4, 0.5) is 5.13 Å². The van der Waals surface area contributed by atoms with Gasteiger partial charge in [0.1, 0.15) is 0 Å². The van der Waals surface area contributed by atoms with Crippen molar-refractivity contribution in [3.05, 3.63) is 105 Å². The maximum Gasteiger partial charge on any atom is 0.257 e. The highest BCUT2D eigenvalue weighted by Crippen LogP contribution is 2.32. The predicted octanol–water partition coefficient (Wildman–Crippen LogP) is 6.58. The summed E-state index contributed by atoms with van der Waals surface area (Å²) < 4.78 is 0. The van der Waals surface area contributed by atoms with Crippen LogP contribution in [0.5, 0.6) is 0 Å². The number of amides is 1. The number of nitrogens with zero attached hydrogens (tertiary/aromatic N) is 1. The molecule has 1 heterocycles. The molecule has 1 aromatic heterocycles. The number of rotatable bonds is 5. The summed E-state index contributed by atoms with van der Waals surface area (Å²) in [4.78, 5) is 17.1. The molecule has 3 aromatic carbocycles. The average molecular weight is 413 g/mol. The van der Waals surface area contributed by atoms with E-state index in [9.17, 15) is 4.79 Å². The Hall–Kier alpha value is -3.24. The minimum Gasteiger partial charge on any atom is -0.298 e. The summed E-state index contributed by atoms with van der Waals surface area (Å²) in [5.41, 5.74) is 8.95. The Morgan fingerprint density at radius 1 is 0.900 bits per heavy atom. The van der Waals surface area contributed by atoms with Crippen molar-refractivity contribution in [1.82, 2.24) is 4.98 Å². The summed E-state index contributed by atoms with van der Waals surface area (Å²) in [6.45, 7) is 6.36. The van der Waals surface area contributed by atoms with Gasteiger partial charge in [0.25, 0.3) is 5.91 Å². The Balaban J connectivity index is 1.54. The van der Waals surface area contributed by atoms with Gasteiger partial charge in [0.2, 0.25) is 0 Å². The van der Waals surface area contributed by atoms with Crippen molar-refractivity contribution in [1.29, 1.82) is 0 Å². The highest BCUT2D eigenvalue weighted by molar-refractivity contribution is 7.14. The van der Waals surface area contributed by atoms with E-state index in [-0.39, 0.29) is 5.91 Å². The Bertz CT molecular complexity index is 1150. The van der Waals surface area contributed by atoms with Crippen LogP contribution in [0.3, 0.4) is 0 Å². The first kappa shape index (κ1) is 20.0. The van der Waals surface area contributed by atoms with Crippen molar-refractivity contribution >= 4 is 22.4 Å². The number of hydrogen-bond acceptors (Lipinski definition) is 3. The van der Waals surface area contributed by atoms with Crippen molar-refractivity contribution in [3.63, 3.8) is 0 Å². The van der Waals surface area contributed by atoms with Crippen LogP contribution in [0, 0.1) is 20.8 Å². The molecule has 0 fully saturated rings. The quantitative estimate of drug-likeness (QED) is 0.402. The molecule has 4 aromatic rings. The molecule has 4 rings (SSSR count). The third-order valence-corrected chi connectivity index (χ3v) is 5.90. The number of anilines is 1. The first-order chi connectivity index (χ1) is 14.5. The fourth-order valence-electron chi connectivity index (χ4n) is 3.71. The van der Waals surface area contributed by atoms with Crippen LogP contribution in [-0.2, 0) is 6.42 Å². The van der Waals surface area contributed by atoms with Crippen LogP contribution >= 0.6 is 11.3 Å². The average Bonchev–Trinajstić information content (AvgIpc) is 3.18. The van der Waals surface area contributed by atoms with Gasteiger partial charge in [0.05, 0.1) is 5.69 Å². The van der Waals surface area contributed by atoms with Gasteiger partial charge in [-0.15, -0.1) is 11.3 Å². The van der Waals surface area contributed by atoms with Crippen molar-refractivity contribution in [2.45, 2.75) is 27.2 Å². The molecule has 0 atom stereocenters. The lowest BCUT2D eigenvalue weighted by Gasteiger charge is -2.11. The smallest absolute Gasteiger partial charge is 0.257 e. The van der Waals surface area contributed by atoms with E-state index in [4.69, 9.17) is 0 Å². The van der Waals surface area contributed by atoms with E-state index in [2.05, 4.69) is 67.5 Å². The van der Waals surface area contributed by atoms with Gasteiger partial charge in [0, 0.05) is 16.5 Å². The Kier molecular flexibility index (Phi) is 5.77. The van der Waals surface area contributed by atoms with Gasteiger partial charge >= 0.3 is 0 Å². The Morgan fingerprint density at radius 2 is 1.57 bits per heavy atom. The molecular weight excluding hydrogens is 388 g/mol. The number of carbonyl (C=O) groups excluding carboxylic acids is 1. The molecule has 0 saturated heterocycles. The third kappa shape index (κ3) is 4.50. The van der Waals surface area contributed by atoms with E-state index in [1.165, 1.54) is 39.2 Å². The monoisotopic (exact) mass is 412 g/mol. The van der Waals surface area contributed by atoms with Crippen LogP contribution in [0.25, 0.3) is 11.3 Å². The zero-order valence-corrected chi connectivity index (χ0v) is 18.2. The van der Waals surface area contributed by atoms with Gasteiger partial charge < -0.3 is 0 Å². The molecule has 0 aliphatic rings. The van der Waals surface area contributed by atoms with Gasteiger partial charge in [-0.25, -0.2) is 4.98 Å². The number of thiazole rings is 1. The zero-order chi connectivity index (χ0) is 21.1. The molecule has 0 saturated carbocycles. The van der Waals surface area contributed by atoms with Crippen LogP contribution in [0.1, 0.15) is 38.2 Å². The second-order valence-electron chi connectivity index (χ2n) is 7.63. The lowest BCUT2D eigenvalue weighted by Crippen LogP contribution is -2.11. The van der Waals surface area contributed by atoms with Gasteiger partial charge in [0.15, 0.2) is 5.13 Å². The number of benzene rings is 3. The number of hydrogen-bond donors (Lipinski definition) is 1. The largest absolute Gasteiger partial charge is 0.298 e. The normalized spacial score (nSPS) is 10.8. The van der Waals surface area contributed by atoms with Crippen molar-refractivity contribution in [2.24, 2.45) is 0 Å². The van der Waals surface area contributed by atoms with Crippen LogP contribution in [0.15, 0.2) is 72.1 Å². The van der Waals surface area contributed by atoms with E-state index in [0.717, 1.165) is 17.7 Å². The standard InChI is InChI=1S/C26H24N2OS/c1-17-9-11-20(12-10-17)15-21-13-18(2)24(19(3)14-21)23-16-30-26(27-23)28-25(29)22-7-5-4-6-8-22/h4-14,16H,15H2,1-3H3,(H,27,28,29). The number of aryl methyl sites for hydroxylation is 3. The summed E-state index contributed by atoms with van der Waals surface area (Å²) in [5, 5.41) is 5.53. The Labute approximate surface area is 181 Å². The van der Waals surface area contributed by atoms with E-state index >= 15 is 0 Å². The molecular formula is C26H24N2OS. The van der Waals surface area contributed by atoms with Gasteiger partial charge in [-0.1, -0.05) is 60.2 Å². The highest BCUT2D eigenvalue weighted by Gasteiger charge is 2.14. The van der Waals surface area contributed by atoms with E-state index in [1.807, 2.05) is 23.6 Å². The maximum atomic E-state index is 12.4. The molecule has 30 heavy (non-hydrogen) atoms. The van der Waals surface area contributed by atoms with Crippen molar-refractivity contribution in [3.8, 4) is 11.3 Å². The summed E-state index contributed by atoms with van der Waals surface area (Å²) in [6, 6.07) is 22.4. The molecule has 0 spiro atoms. The molecule has 0 aliphatic carbocycles. The molecule has 0 radical (unpaired) electrons. The summed E-state index contributed by atoms with van der Waals surface area (Å²) in [5.74, 6) is -0.140. The SMILES string of the molecule is Cc1ccc(Cc2cc(C)c(-c3csc(NC(=O)c4ccccc4)n3)c(C)c2)cc1. The first-order valence-electron chi connectivity index (χ1n) is 9.97. The fourth-order valence-corrected chi connectivity index (χ4v) is 4.40. The van der Waals surface area contributed by atoms with Crippen molar-refractivity contribution < 1.29 is 4.79 Å². The lowest BCUT2D eigenvalue weighted by atomic mass is 9.94. The summed E-state index contributed by atoms with van der Waals surface area (Å²) in [7, 11) is 0. The topological polar surface area (TPSA) is 42.0 Å². The van der Waals surface area contributed by atoms with Crippen LogP contribution in [0.2, 0.25) is 0 Å². The first-order valence-corrected chi connectivity index (χ1v) is 10.9. The fraction of sp³-hybridized carbons (Fsp3) is 0.154. The predicted molar refractivity (Wildman–Crippen MR) is 125 cm³/mol. The van der Waals surface area contributed by atoms with E-state index in [0.29, 0.717) is 10.7 Å². The molecule has 1 N–H and O–H groups in total. The highest BCUT2D eigenvalue weighted by atomic mass is 32.1. The zero-order valence-electron chi connectivity index (χ0n) is 17.4.